The molecule has 2 atom stereocenters. The molecule has 0 aliphatic rings. The predicted molar refractivity (Wildman–Crippen MR) is 147 cm³/mol. The van der Waals surface area contributed by atoms with Crippen LogP contribution in [0.3, 0.4) is 0 Å². The summed E-state index contributed by atoms with van der Waals surface area (Å²) in [5.41, 5.74) is 5.01. The van der Waals surface area contributed by atoms with Crippen LogP contribution in [0.1, 0.15) is 67.3 Å². The lowest BCUT2D eigenvalue weighted by Gasteiger charge is -2.16. The Bertz CT molecular complexity index is 1200. The van der Waals surface area contributed by atoms with E-state index in [2.05, 4.69) is 39.8 Å². The normalized spacial score (nSPS) is 11.8. The number of nitrogens with zero attached hydrogens (tertiary/aromatic N) is 1. The zero-order chi connectivity index (χ0) is 26.2. The number of hydrogen-bond acceptors (Lipinski definition) is 6. The van der Waals surface area contributed by atoms with Crippen LogP contribution in [0.2, 0.25) is 0 Å². The van der Waals surface area contributed by atoms with Gasteiger partial charge in [-0.15, -0.1) is 0 Å². The molecule has 3 rings (SSSR count). The van der Waals surface area contributed by atoms with E-state index in [1.54, 1.807) is 6.07 Å². The molecule has 3 aromatic rings. The van der Waals surface area contributed by atoms with Gasteiger partial charge in [-0.05, 0) is 66.1 Å². The Morgan fingerprint density at radius 3 is 1.81 bits per heavy atom. The average Bonchev–Trinajstić information content (AvgIpc) is 2.82. The Hall–Kier alpha value is -2.72. The number of nitro benzene ring substituents is 1. The van der Waals surface area contributed by atoms with Crippen molar-refractivity contribution in [3.8, 4) is 17.2 Å². The number of rotatable bonds is 12. The maximum atomic E-state index is 11.3. The maximum absolute atomic E-state index is 11.3. The molecule has 0 aromatic heterocycles. The maximum Gasteiger partial charge on any atom is 0.275 e. The van der Waals surface area contributed by atoms with Gasteiger partial charge in [-0.1, -0.05) is 52.0 Å². The fourth-order valence-corrected chi connectivity index (χ4v) is 4.71. The highest BCUT2D eigenvalue weighted by atomic mass is 31.1. The molecule has 7 nitrogen and oxygen atoms in total. The molecule has 0 radical (unpaired) electrons. The second-order valence-corrected chi connectivity index (χ2v) is 10.4. The summed E-state index contributed by atoms with van der Waals surface area (Å²) < 4.78 is 23.5. The predicted octanol–water partition coefficient (Wildman–Crippen LogP) is 8.53. The highest BCUT2D eigenvalue weighted by Gasteiger charge is 2.15. The summed E-state index contributed by atoms with van der Waals surface area (Å²) in [6.07, 6.45) is 0. The summed E-state index contributed by atoms with van der Waals surface area (Å²) in [4.78, 5) is 10.9. The standard InChI is InChI=1S/C27H33NO6P2/c1-17(2)23-11-7-19(5)13-26(23)33-35-31-16-21-9-10-22(28(29)30)15-25(21)32-36-34-27-14-20(6)8-12-24(27)18(3)4/h7-15,17-18,35-36H,16H2,1-6H3. The van der Waals surface area contributed by atoms with Gasteiger partial charge in [0.25, 0.3) is 14.7 Å². The van der Waals surface area contributed by atoms with Gasteiger partial charge in [0.05, 0.1) is 17.6 Å². The minimum atomic E-state index is -0.449. The van der Waals surface area contributed by atoms with Gasteiger partial charge < -0.3 is 18.1 Å². The molecule has 192 valence electrons. The van der Waals surface area contributed by atoms with Crippen molar-refractivity contribution in [3.63, 3.8) is 0 Å². The lowest BCUT2D eigenvalue weighted by atomic mass is 10.0. The average molecular weight is 530 g/mol. The first kappa shape index (κ1) is 27.9. The molecule has 0 aliphatic carbocycles. The van der Waals surface area contributed by atoms with E-state index < -0.39 is 4.92 Å². The van der Waals surface area contributed by atoms with Crippen molar-refractivity contribution in [2.45, 2.75) is 60.0 Å². The Morgan fingerprint density at radius 1 is 0.750 bits per heavy atom. The Morgan fingerprint density at radius 2 is 1.28 bits per heavy atom. The molecule has 9 heteroatoms. The molecule has 0 spiro atoms. The van der Waals surface area contributed by atoms with Crippen molar-refractivity contribution in [3.05, 3.63) is 92.5 Å². The van der Waals surface area contributed by atoms with Crippen molar-refractivity contribution in [1.82, 2.24) is 0 Å². The van der Waals surface area contributed by atoms with Gasteiger partial charge in [-0.3, -0.25) is 10.1 Å². The van der Waals surface area contributed by atoms with Gasteiger partial charge in [0, 0.05) is 11.6 Å². The fraction of sp³-hybridized carbons (Fsp3) is 0.333. The highest BCUT2D eigenvalue weighted by molar-refractivity contribution is 7.27. The monoisotopic (exact) mass is 529 g/mol. The van der Waals surface area contributed by atoms with Gasteiger partial charge in [0.2, 0.25) is 9.03 Å². The van der Waals surface area contributed by atoms with Crippen LogP contribution in [0, 0.1) is 24.0 Å². The van der Waals surface area contributed by atoms with E-state index in [4.69, 9.17) is 18.1 Å². The van der Waals surface area contributed by atoms with E-state index in [1.807, 2.05) is 38.1 Å². The molecule has 3 aromatic carbocycles. The molecule has 0 amide bonds. The quantitative estimate of drug-likeness (QED) is 0.101. The van der Waals surface area contributed by atoms with Crippen LogP contribution >= 0.6 is 18.1 Å². The third kappa shape index (κ3) is 7.64. The van der Waals surface area contributed by atoms with E-state index in [0.717, 1.165) is 33.8 Å². The first-order valence-electron chi connectivity index (χ1n) is 11.8. The van der Waals surface area contributed by atoms with Crippen LogP contribution in [0.15, 0.2) is 54.6 Å². The van der Waals surface area contributed by atoms with Gasteiger partial charge in [0.15, 0.2) is 0 Å². The second kappa shape index (κ2) is 13.0. The summed E-state index contributed by atoms with van der Waals surface area (Å²) in [6.45, 7) is 12.6. The SMILES string of the molecule is Cc1ccc(C(C)C)c(OPOCc2ccc([N+](=O)[O-])cc2OPOc2cc(C)ccc2C(C)C)c1. The zero-order valence-corrected chi connectivity index (χ0v) is 23.5. The minimum absolute atomic E-state index is 0.0583. The molecule has 0 bridgehead atoms. The number of nitro groups is 1. The second-order valence-electron chi connectivity index (χ2n) is 9.20. The van der Waals surface area contributed by atoms with Crippen LogP contribution < -0.4 is 13.6 Å². The van der Waals surface area contributed by atoms with Crippen LogP contribution in [-0.4, -0.2) is 4.92 Å². The Balaban J connectivity index is 1.67. The third-order valence-electron chi connectivity index (χ3n) is 5.59. The summed E-state index contributed by atoms with van der Waals surface area (Å²) in [5.74, 6) is 2.52. The Kier molecular flexibility index (Phi) is 10.1. The largest absolute Gasteiger partial charge is 0.449 e. The topological polar surface area (TPSA) is 80.1 Å². The van der Waals surface area contributed by atoms with Crippen LogP contribution in [-0.2, 0) is 11.1 Å². The molecule has 36 heavy (non-hydrogen) atoms. The summed E-state index contributed by atoms with van der Waals surface area (Å²) in [5, 5.41) is 11.3. The van der Waals surface area contributed by atoms with Gasteiger partial charge in [-0.25, -0.2) is 0 Å². The molecule has 0 heterocycles. The lowest BCUT2D eigenvalue weighted by molar-refractivity contribution is -0.384. The smallest absolute Gasteiger partial charge is 0.275 e. The molecule has 0 fully saturated rings. The third-order valence-corrected chi connectivity index (χ3v) is 6.76. The van der Waals surface area contributed by atoms with Crippen LogP contribution in [0.4, 0.5) is 5.69 Å². The van der Waals surface area contributed by atoms with E-state index in [-0.39, 0.29) is 36.3 Å². The van der Waals surface area contributed by atoms with Crippen LogP contribution in [0.25, 0.3) is 0 Å². The first-order chi connectivity index (χ1) is 17.2. The molecule has 0 aliphatic heterocycles. The van der Waals surface area contributed by atoms with Gasteiger partial charge >= 0.3 is 0 Å². The molecule has 0 saturated carbocycles. The minimum Gasteiger partial charge on any atom is -0.449 e. The van der Waals surface area contributed by atoms with Crippen molar-refractivity contribution in [2.24, 2.45) is 0 Å². The number of hydrogen-bond donors (Lipinski definition) is 0. The number of benzene rings is 3. The summed E-state index contributed by atoms with van der Waals surface area (Å²) in [7, 11) is -0.607. The fourth-order valence-electron chi connectivity index (χ4n) is 3.58. The zero-order valence-electron chi connectivity index (χ0n) is 21.5. The molecule has 0 N–H and O–H groups in total. The van der Waals surface area contributed by atoms with E-state index in [0.29, 0.717) is 17.2 Å². The van der Waals surface area contributed by atoms with E-state index in [9.17, 15) is 10.1 Å². The number of non-ortho nitro benzene ring substituents is 1. The lowest BCUT2D eigenvalue weighted by Crippen LogP contribution is -1.98. The molecular weight excluding hydrogens is 496 g/mol. The van der Waals surface area contributed by atoms with Gasteiger partial charge in [0.1, 0.15) is 17.2 Å². The van der Waals surface area contributed by atoms with Crippen molar-refractivity contribution in [2.75, 3.05) is 0 Å². The summed E-state index contributed by atoms with van der Waals surface area (Å²) >= 11 is 0. The van der Waals surface area contributed by atoms with Crippen molar-refractivity contribution < 1.29 is 23.0 Å². The van der Waals surface area contributed by atoms with Gasteiger partial charge in [-0.2, -0.15) is 0 Å². The van der Waals surface area contributed by atoms with Crippen molar-refractivity contribution in [1.29, 1.82) is 0 Å². The number of aryl methyl sites for hydroxylation is 2. The molecule has 0 saturated heterocycles. The first-order valence-corrected chi connectivity index (χ1v) is 13.4. The van der Waals surface area contributed by atoms with E-state index >= 15 is 0 Å². The molecule has 2 unspecified atom stereocenters. The highest BCUT2D eigenvalue weighted by Crippen LogP contribution is 2.37. The van der Waals surface area contributed by atoms with Crippen molar-refractivity contribution >= 4 is 23.8 Å². The summed E-state index contributed by atoms with van der Waals surface area (Å²) in [6, 6.07) is 16.7. The Labute approximate surface area is 216 Å². The van der Waals surface area contributed by atoms with Crippen LogP contribution in [0.5, 0.6) is 17.2 Å². The van der Waals surface area contributed by atoms with E-state index in [1.165, 1.54) is 12.1 Å². The molecular formula is C27H33NO6P2.